The van der Waals surface area contributed by atoms with Crippen molar-refractivity contribution in [1.29, 1.82) is 0 Å². The minimum atomic E-state index is -2.08. The van der Waals surface area contributed by atoms with E-state index in [1.165, 1.54) is 3.58 Å². The van der Waals surface area contributed by atoms with Crippen molar-refractivity contribution in [2.75, 3.05) is 6.61 Å². The molecule has 1 rings (SSSR count). The van der Waals surface area contributed by atoms with Gasteiger partial charge < -0.3 is 0 Å². The van der Waals surface area contributed by atoms with Crippen LogP contribution in [-0.2, 0) is 11.3 Å². The molecule has 0 bridgehead atoms. The van der Waals surface area contributed by atoms with Crippen molar-refractivity contribution < 1.29 is 9.26 Å². The van der Waals surface area contributed by atoms with E-state index < -0.39 is 18.4 Å². The van der Waals surface area contributed by atoms with Gasteiger partial charge in [0.25, 0.3) is 0 Å². The molecule has 1 heterocycles. The average Bonchev–Trinajstić information content (AvgIpc) is 2.42. The maximum atomic E-state index is 5.37. The molecular weight excluding hydrogens is 285 g/mol. The van der Waals surface area contributed by atoms with Crippen LogP contribution in [0, 0.1) is 6.92 Å². The number of aryl methyl sites for hydroxylation is 1. The molecule has 0 atom stereocenters. The van der Waals surface area contributed by atoms with Gasteiger partial charge >= 0.3 is 89.7 Å². The second kappa shape index (κ2) is 4.66. The third-order valence-corrected chi connectivity index (χ3v) is 8.23. The van der Waals surface area contributed by atoms with Crippen molar-refractivity contribution in [3.8, 4) is 0 Å². The zero-order valence-corrected chi connectivity index (χ0v) is 12.5. The van der Waals surface area contributed by atoms with E-state index in [1.54, 1.807) is 0 Å². The zero-order chi connectivity index (χ0) is 10.8. The normalized spacial score (nSPS) is 12.1. The Morgan fingerprint density at radius 1 is 1.36 bits per heavy atom. The van der Waals surface area contributed by atoms with Crippen LogP contribution in [0.5, 0.6) is 0 Å². The molecule has 0 aliphatic heterocycles. The molecule has 80 valence electrons. The molecule has 0 fully saturated rings. The van der Waals surface area contributed by atoms with Crippen molar-refractivity contribution >= 4 is 22.0 Å². The van der Waals surface area contributed by atoms with Gasteiger partial charge in [-0.2, -0.15) is 0 Å². The Hall–Kier alpha value is -0.0313. The number of ether oxygens (including phenoxy) is 1. The van der Waals surface area contributed by atoms with Gasteiger partial charge in [-0.1, -0.05) is 0 Å². The summed E-state index contributed by atoms with van der Waals surface area (Å²) >= 11 is -2.08. The molecule has 1 aromatic rings. The molecule has 0 aliphatic carbocycles. The van der Waals surface area contributed by atoms with Crippen LogP contribution in [0.15, 0.2) is 4.52 Å². The number of hydrogen-bond donors (Lipinski definition) is 0. The van der Waals surface area contributed by atoms with Crippen molar-refractivity contribution in [2.45, 2.75) is 35.3 Å². The fraction of sp³-hybridized carbons (Fsp3) is 0.700. The topological polar surface area (TPSA) is 35.3 Å². The summed E-state index contributed by atoms with van der Waals surface area (Å²) in [7, 11) is 0. The summed E-state index contributed by atoms with van der Waals surface area (Å²) in [6.07, 6.45) is 0. The van der Waals surface area contributed by atoms with Crippen LogP contribution in [0.25, 0.3) is 0 Å². The van der Waals surface area contributed by atoms with Crippen LogP contribution in [0.2, 0.25) is 14.8 Å². The number of rotatable bonds is 4. The van der Waals surface area contributed by atoms with Gasteiger partial charge in [-0.15, -0.1) is 0 Å². The fourth-order valence-corrected chi connectivity index (χ4v) is 7.62. The van der Waals surface area contributed by atoms with E-state index in [0.717, 1.165) is 18.1 Å². The first-order chi connectivity index (χ1) is 6.46. The Kier molecular flexibility index (Phi) is 4.01. The summed E-state index contributed by atoms with van der Waals surface area (Å²) in [5.74, 6) is 0.952. The molecule has 14 heavy (non-hydrogen) atoms. The summed E-state index contributed by atoms with van der Waals surface area (Å²) in [4.78, 5) is 7.09. The summed E-state index contributed by atoms with van der Waals surface area (Å²) in [5.41, 5.74) is 1.06. The monoisotopic (exact) mass is 305 g/mol. The van der Waals surface area contributed by atoms with Crippen LogP contribution in [-0.4, -0.2) is 30.1 Å². The van der Waals surface area contributed by atoms with Crippen LogP contribution in [0.4, 0.5) is 0 Å². The van der Waals surface area contributed by atoms with Crippen molar-refractivity contribution in [1.82, 2.24) is 5.16 Å². The number of aromatic nitrogens is 1. The number of nitrogens with zero attached hydrogens (tertiary/aromatic N) is 1. The Bertz CT molecular complexity index is 302. The van der Waals surface area contributed by atoms with E-state index >= 15 is 0 Å². The Morgan fingerprint density at radius 3 is 2.50 bits per heavy atom. The molecule has 0 spiro atoms. The second-order valence-electron chi connectivity index (χ2n) is 4.45. The van der Waals surface area contributed by atoms with Crippen LogP contribution >= 0.6 is 0 Å². The molecule has 4 heteroatoms. The number of hydrogen-bond acceptors (Lipinski definition) is 3. The van der Waals surface area contributed by atoms with Crippen LogP contribution < -0.4 is 3.58 Å². The summed E-state index contributed by atoms with van der Waals surface area (Å²) in [6.45, 7) is 5.30. The Balaban J connectivity index is 2.95. The molecule has 0 N–H and O–H groups in total. The Labute approximate surface area is 89.7 Å². The van der Waals surface area contributed by atoms with E-state index in [1.807, 2.05) is 13.8 Å². The molecule has 0 saturated heterocycles. The first kappa shape index (κ1) is 12.0. The van der Waals surface area contributed by atoms with E-state index in [4.69, 9.17) is 9.26 Å². The molecule has 0 aliphatic rings. The second-order valence-corrected chi connectivity index (χ2v) is 18.7. The van der Waals surface area contributed by atoms with Crippen LogP contribution in [0.3, 0.4) is 0 Å². The van der Waals surface area contributed by atoms with E-state index in [9.17, 15) is 0 Å². The zero-order valence-electron chi connectivity index (χ0n) is 9.68. The van der Waals surface area contributed by atoms with Crippen molar-refractivity contribution in [3.05, 3.63) is 11.5 Å². The minimum absolute atomic E-state index is 0.570. The predicted molar refractivity (Wildman–Crippen MR) is 59.6 cm³/mol. The fourth-order valence-electron chi connectivity index (χ4n) is 1.67. The third-order valence-electron chi connectivity index (χ3n) is 2.12. The maximum absolute atomic E-state index is 5.37. The molecule has 0 amide bonds. The van der Waals surface area contributed by atoms with Gasteiger partial charge in [0, 0.05) is 0 Å². The van der Waals surface area contributed by atoms with Crippen molar-refractivity contribution in [3.63, 3.8) is 0 Å². The van der Waals surface area contributed by atoms with Gasteiger partial charge in [0.2, 0.25) is 0 Å². The molecule has 0 aromatic carbocycles. The van der Waals surface area contributed by atoms with Gasteiger partial charge in [0.1, 0.15) is 0 Å². The summed E-state index contributed by atoms with van der Waals surface area (Å²) in [6, 6.07) is 0. The predicted octanol–water partition coefficient (Wildman–Crippen LogP) is 2.06. The average molecular weight is 304 g/mol. The van der Waals surface area contributed by atoms with E-state index in [0.29, 0.717) is 6.61 Å². The molecule has 0 radical (unpaired) electrons. The Morgan fingerprint density at radius 2 is 2.00 bits per heavy atom. The standard InChI is InChI=1S/C7H10NO2.3CH3.Sn/c1-3-9-5-7-4-6(2)8-10-7;;;;/h3,5H2,1-2H3;3*1H3;. The van der Waals surface area contributed by atoms with E-state index in [-0.39, 0.29) is 0 Å². The molecular formula is C10H19NO2Sn. The van der Waals surface area contributed by atoms with Gasteiger partial charge in [0.05, 0.1) is 0 Å². The molecule has 0 unspecified atom stereocenters. The van der Waals surface area contributed by atoms with Gasteiger partial charge in [-0.25, -0.2) is 0 Å². The summed E-state index contributed by atoms with van der Waals surface area (Å²) < 4.78 is 12.1. The van der Waals surface area contributed by atoms with Gasteiger partial charge in [-0.3, -0.25) is 0 Å². The quantitative estimate of drug-likeness (QED) is 0.799. The SMILES string of the molecule is CCOCc1onc(C)[c]1[Sn]([CH3])([CH3])[CH3]. The van der Waals surface area contributed by atoms with Gasteiger partial charge in [-0.05, 0) is 0 Å². The van der Waals surface area contributed by atoms with Crippen molar-refractivity contribution in [2.24, 2.45) is 0 Å². The first-order valence-electron chi connectivity index (χ1n) is 5.00. The van der Waals surface area contributed by atoms with Gasteiger partial charge in [0.15, 0.2) is 0 Å². The van der Waals surface area contributed by atoms with E-state index in [2.05, 4.69) is 20.0 Å². The molecule has 1 aromatic heterocycles. The first-order valence-corrected chi connectivity index (χ1v) is 15.0. The third kappa shape index (κ3) is 2.73. The van der Waals surface area contributed by atoms with Crippen LogP contribution in [0.1, 0.15) is 18.4 Å². The molecule has 3 nitrogen and oxygen atoms in total. The summed E-state index contributed by atoms with van der Waals surface area (Å²) in [5, 5.41) is 4.03. The molecule has 0 saturated carbocycles.